The van der Waals surface area contributed by atoms with Gasteiger partial charge in [0.2, 0.25) is 0 Å². The van der Waals surface area contributed by atoms with Crippen LogP contribution in [0.25, 0.3) is 0 Å². The molecular formula is C10H14O5. The van der Waals surface area contributed by atoms with Gasteiger partial charge in [0.05, 0.1) is 11.5 Å². The Morgan fingerprint density at radius 1 is 1.40 bits per heavy atom. The Morgan fingerprint density at radius 3 is 2.87 bits per heavy atom. The molecule has 0 unspecified atom stereocenters. The van der Waals surface area contributed by atoms with Crippen molar-refractivity contribution in [3.8, 4) is 0 Å². The van der Waals surface area contributed by atoms with Crippen molar-refractivity contribution in [2.45, 2.75) is 50.5 Å². The van der Waals surface area contributed by atoms with Crippen LogP contribution in [-0.2, 0) is 19.0 Å². The quantitative estimate of drug-likeness (QED) is 0.566. The predicted molar refractivity (Wildman–Crippen MR) is 47.8 cm³/mol. The summed E-state index contributed by atoms with van der Waals surface area (Å²) in [4.78, 5) is 11.1. The minimum Gasteiger partial charge on any atom is -0.457 e. The summed E-state index contributed by atoms with van der Waals surface area (Å²) in [6.45, 7) is 3.97. The minimum absolute atomic E-state index is 0.0612. The maximum Gasteiger partial charge on any atom is 0.338 e. The number of esters is 1. The van der Waals surface area contributed by atoms with Crippen LogP contribution in [0.1, 0.15) is 20.3 Å². The first-order chi connectivity index (χ1) is 6.98. The smallest absolute Gasteiger partial charge is 0.338 e. The molecule has 3 heterocycles. The van der Waals surface area contributed by atoms with Crippen molar-refractivity contribution in [2.24, 2.45) is 5.92 Å². The molecule has 0 bridgehead atoms. The van der Waals surface area contributed by atoms with Gasteiger partial charge in [0.15, 0.2) is 12.4 Å². The molecule has 1 N–H and O–H groups in total. The van der Waals surface area contributed by atoms with Gasteiger partial charge >= 0.3 is 5.97 Å². The molecular weight excluding hydrogens is 200 g/mol. The Morgan fingerprint density at radius 2 is 2.13 bits per heavy atom. The maximum atomic E-state index is 11.1. The second-order valence-electron chi connectivity index (χ2n) is 5.06. The number of rotatable bonds is 0. The third-order valence-corrected chi connectivity index (χ3v) is 3.35. The number of hydrogen-bond acceptors (Lipinski definition) is 5. The van der Waals surface area contributed by atoms with Gasteiger partial charge in [-0.2, -0.15) is 0 Å². The van der Waals surface area contributed by atoms with E-state index in [1.165, 1.54) is 0 Å². The fourth-order valence-corrected chi connectivity index (χ4v) is 2.74. The highest BCUT2D eigenvalue weighted by Gasteiger charge is 2.61. The van der Waals surface area contributed by atoms with Crippen LogP contribution in [0.2, 0.25) is 0 Å². The zero-order valence-electron chi connectivity index (χ0n) is 8.67. The molecule has 3 fully saturated rings. The summed E-state index contributed by atoms with van der Waals surface area (Å²) < 4.78 is 16.3. The van der Waals surface area contributed by atoms with Gasteiger partial charge < -0.3 is 19.3 Å². The molecule has 5 heteroatoms. The molecule has 0 amide bonds. The monoisotopic (exact) mass is 214 g/mol. The van der Waals surface area contributed by atoms with Gasteiger partial charge in [0, 0.05) is 0 Å². The van der Waals surface area contributed by atoms with Crippen molar-refractivity contribution in [3.63, 3.8) is 0 Å². The van der Waals surface area contributed by atoms with E-state index < -0.39 is 18.2 Å². The topological polar surface area (TPSA) is 65.0 Å². The molecule has 15 heavy (non-hydrogen) atoms. The molecule has 0 aromatic rings. The first kappa shape index (κ1) is 9.57. The van der Waals surface area contributed by atoms with Gasteiger partial charge in [-0.3, -0.25) is 0 Å². The molecule has 0 aromatic heterocycles. The summed E-state index contributed by atoms with van der Waals surface area (Å²) in [5, 5.41) is 9.50. The highest BCUT2D eigenvalue weighted by molar-refractivity contribution is 5.78. The average Bonchev–Trinajstić information content (AvgIpc) is 2.66. The molecule has 5 nitrogen and oxygen atoms in total. The van der Waals surface area contributed by atoms with Crippen LogP contribution >= 0.6 is 0 Å². The van der Waals surface area contributed by atoms with Gasteiger partial charge in [-0.15, -0.1) is 0 Å². The molecule has 3 rings (SSSR count). The molecule has 3 aliphatic heterocycles. The largest absolute Gasteiger partial charge is 0.457 e. The zero-order valence-corrected chi connectivity index (χ0v) is 8.67. The third kappa shape index (κ3) is 1.23. The van der Waals surface area contributed by atoms with E-state index in [-0.39, 0.29) is 23.9 Å². The second kappa shape index (κ2) is 2.72. The van der Waals surface area contributed by atoms with Gasteiger partial charge in [0.1, 0.15) is 12.2 Å². The second-order valence-corrected chi connectivity index (χ2v) is 5.06. The lowest BCUT2D eigenvalue weighted by Gasteiger charge is -2.21. The molecule has 0 radical (unpaired) electrons. The van der Waals surface area contributed by atoms with Crippen molar-refractivity contribution in [1.82, 2.24) is 0 Å². The van der Waals surface area contributed by atoms with E-state index in [0.717, 1.165) is 6.42 Å². The fourth-order valence-electron chi connectivity index (χ4n) is 2.74. The van der Waals surface area contributed by atoms with Gasteiger partial charge in [0.25, 0.3) is 0 Å². The van der Waals surface area contributed by atoms with Crippen molar-refractivity contribution in [2.75, 3.05) is 0 Å². The van der Waals surface area contributed by atoms with E-state index in [1.807, 2.05) is 13.8 Å². The molecule has 84 valence electrons. The molecule has 3 aliphatic rings. The highest BCUT2D eigenvalue weighted by Crippen LogP contribution is 2.47. The van der Waals surface area contributed by atoms with Crippen LogP contribution in [0.3, 0.4) is 0 Å². The van der Waals surface area contributed by atoms with Crippen LogP contribution in [0.5, 0.6) is 0 Å². The molecule has 0 saturated carbocycles. The third-order valence-electron chi connectivity index (χ3n) is 3.35. The van der Waals surface area contributed by atoms with Crippen LogP contribution in [-0.4, -0.2) is 41.3 Å². The van der Waals surface area contributed by atoms with Crippen molar-refractivity contribution >= 4 is 5.97 Å². The first-order valence-corrected chi connectivity index (χ1v) is 5.20. The first-order valence-electron chi connectivity index (χ1n) is 5.20. The Hall–Kier alpha value is -0.650. The summed E-state index contributed by atoms with van der Waals surface area (Å²) in [6.07, 6.45) is -1.56. The summed E-state index contributed by atoms with van der Waals surface area (Å²) in [5.41, 5.74) is -0.236. The van der Waals surface area contributed by atoms with Gasteiger partial charge in [-0.05, 0) is 20.3 Å². The standard InChI is InChI=1S/C10H14O5/c1-10(2)3-4-6-7(14-9(4)15-10)5(11)8(12)13-6/h4-7,9,11H,3H2,1-2H3/t4-,5+,6-,7-,9-/m1/s1. The number of fused-ring (bicyclic) bond motifs is 3. The Labute approximate surface area is 87.3 Å². The normalized spacial score (nSPS) is 51.4. The van der Waals surface area contributed by atoms with Crippen LogP contribution < -0.4 is 0 Å². The summed E-state index contributed by atoms with van der Waals surface area (Å²) in [7, 11) is 0. The van der Waals surface area contributed by atoms with Crippen LogP contribution in [0.4, 0.5) is 0 Å². The van der Waals surface area contributed by atoms with E-state index in [4.69, 9.17) is 14.2 Å². The SMILES string of the molecule is CC1(C)C[C@H]2[C@H](O[C@H]3[C@@H]2OC(=O)[C@H]3O)O1. The minimum atomic E-state index is -1.15. The number of carbonyl (C=O) groups excluding carboxylic acids is 1. The molecule has 0 aliphatic carbocycles. The number of hydrogen-bond donors (Lipinski definition) is 1. The average molecular weight is 214 g/mol. The Kier molecular flexibility index (Phi) is 1.74. The summed E-state index contributed by atoms with van der Waals surface area (Å²) >= 11 is 0. The number of aliphatic hydroxyl groups is 1. The zero-order chi connectivity index (χ0) is 10.8. The highest BCUT2D eigenvalue weighted by atomic mass is 16.7. The molecule has 0 aromatic carbocycles. The van der Waals surface area contributed by atoms with E-state index >= 15 is 0 Å². The lowest BCUT2D eigenvalue weighted by Crippen LogP contribution is -2.32. The van der Waals surface area contributed by atoms with E-state index in [0.29, 0.717) is 0 Å². The summed E-state index contributed by atoms with van der Waals surface area (Å²) in [6, 6.07) is 0. The van der Waals surface area contributed by atoms with E-state index in [1.54, 1.807) is 0 Å². The van der Waals surface area contributed by atoms with Crippen LogP contribution in [0, 0.1) is 5.92 Å². The molecule has 0 spiro atoms. The van der Waals surface area contributed by atoms with E-state index in [2.05, 4.69) is 0 Å². The lowest BCUT2D eigenvalue weighted by molar-refractivity contribution is -0.178. The number of ether oxygens (including phenoxy) is 3. The molecule has 3 saturated heterocycles. The Bertz CT molecular complexity index is 313. The van der Waals surface area contributed by atoms with Gasteiger partial charge in [-0.25, -0.2) is 4.79 Å². The fraction of sp³-hybridized carbons (Fsp3) is 0.900. The van der Waals surface area contributed by atoms with Gasteiger partial charge in [-0.1, -0.05) is 0 Å². The van der Waals surface area contributed by atoms with Crippen molar-refractivity contribution in [3.05, 3.63) is 0 Å². The van der Waals surface area contributed by atoms with E-state index in [9.17, 15) is 9.90 Å². The van der Waals surface area contributed by atoms with Crippen molar-refractivity contribution in [1.29, 1.82) is 0 Å². The molecule has 5 atom stereocenters. The Balaban J connectivity index is 1.83. The van der Waals surface area contributed by atoms with Crippen LogP contribution in [0.15, 0.2) is 0 Å². The lowest BCUT2D eigenvalue weighted by atomic mass is 9.92. The summed E-state index contributed by atoms with van der Waals surface area (Å²) in [5.74, 6) is -0.515. The number of aliphatic hydroxyl groups excluding tert-OH is 1. The maximum absolute atomic E-state index is 11.1. The number of carbonyl (C=O) groups is 1. The predicted octanol–water partition coefficient (Wildman–Crippen LogP) is -0.187. The van der Waals surface area contributed by atoms with Crippen molar-refractivity contribution < 1.29 is 24.1 Å².